The fraction of sp³-hybridized carbons (Fsp3) is 0.562. The SMILES string of the molecule is CCOC(=O)C(C)(NC(C)C)c1cc(OC)ccc1OC. The molecule has 21 heavy (non-hydrogen) atoms. The third kappa shape index (κ3) is 3.88. The van der Waals surface area contributed by atoms with Crippen LogP contribution < -0.4 is 14.8 Å². The number of ether oxygens (including phenoxy) is 3. The third-order valence-corrected chi connectivity index (χ3v) is 3.21. The number of carbonyl (C=O) groups is 1. The van der Waals surface area contributed by atoms with Gasteiger partial charge >= 0.3 is 5.97 Å². The minimum atomic E-state index is -1.01. The van der Waals surface area contributed by atoms with E-state index < -0.39 is 5.54 Å². The van der Waals surface area contributed by atoms with Crippen molar-refractivity contribution in [1.82, 2.24) is 5.32 Å². The van der Waals surface area contributed by atoms with Crippen molar-refractivity contribution in [3.05, 3.63) is 23.8 Å². The van der Waals surface area contributed by atoms with Crippen molar-refractivity contribution in [2.75, 3.05) is 20.8 Å². The number of methoxy groups -OCH3 is 2. The van der Waals surface area contributed by atoms with E-state index in [9.17, 15) is 4.79 Å². The average Bonchev–Trinajstić information content (AvgIpc) is 2.45. The van der Waals surface area contributed by atoms with Gasteiger partial charge in [0.25, 0.3) is 0 Å². The molecule has 0 saturated carbocycles. The molecule has 1 aromatic carbocycles. The first-order valence-corrected chi connectivity index (χ1v) is 7.06. The van der Waals surface area contributed by atoms with Crippen LogP contribution in [0.25, 0.3) is 0 Å². The van der Waals surface area contributed by atoms with Crippen LogP contribution >= 0.6 is 0 Å². The highest BCUT2D eigenvalue weighted by Crippen LogP contribution is 2.34. The van der Waals surface area contributed by atoms with E-state index in [0.29, 0.717) is 23.7 Å². The summed E-state index contributed by atoms with van der Waals surface area (Å²) in [6.07, 6.45) is 0. The summed E-state index contributed by atoms with van der Waals surface area (Å²) in [5.41, 5.74) is -0.319. The molecule has 1 aromatic rings. The van der Waals surface area contributed by atoms with Gasteiger partial charge in [-0.25, -0.2) is 4.79 Å². The van der Waals surface area contributed by atoms with Crippen LogP contribution in [0.5, 0.6) is 11.5 Å². The summed E-state index contributed by atoms with van der Waals surface area (Å²) < 4.78 is 15.9. The van der Waals surface area contributed by atoms with E-state index in [1.165, 1.54) is 0 Å². The molecule has 0 aliphatic heterocycles. The Labute approximate surface area is 126 Å². The van der Waals surface area contributed by atoms with Crippen molar-refractivity contribution in [3.63, 3.8) is 0 Å². The zero-order chi connectivity index (χ0) is 16.0. The zero-order valence-corrected chi connectivity index (χ0v) is 13.6. The lowest BCUT2D eigenvalue weighted by Gasteiger charge is -2.32. The van der Waals surface area contributed by atoms with E-state index in [0.717, 1.165) is 0 Å². The van der Waals surface area contributed by atoms with E-state index >= 15 is 0 Å². The minimum Gasteiger partial charge on any atom is -0.497 e. The molecular formula is C16H25NO4. The van der Waals surface area contributed by atoms with Gasteiger partial charge in [0.2, 0.25) is 0 Å². The van der Waals surface area contributed by atoms with Crippen LogP contribution in [0, 0.1) is 0 Å². The van der Waals surface area contributed by atoms with Crippen molar-refractivity contribution in [2.24, 2.45) is 0 Å². The summed E-state index contributed by atoms with van der Waals surface area (Å²) in [6, 6.07) is 5.47. The van der Waals surface area contributed by atoms with Gasteiger partial charge in [-0.1, -0.05) is 0 Å². The Balaban J connectivity index is 3.40. The predicted octanol–water partition coefficient (Wildman–Crippen LogP) is 2.48. The number of hydrogen-bond donors (Lipinski definition) is 1. The first kappa shape index (κ1) is 17.3. The van der Waals surface area contributed by atoms with Gasteiger partial charge in [-0.05, 0) is 45.9 Å². The van der Waals surface area contributed by atoms with Gasteiger partial charge in [-0.15, -0.1) is 0 Å². The first-order chi connectivity index (χ1) is 9.88. The molecule has 0 radical (unpaired) electrons. The van der Waals surface area contributed by atoms with Crippen LogP contribution in [-0.4, -0.2) is 32.8 Å². The molecule has 1 unspecified atom stereocenters. The van der Waals surface area contributed by atoms with Gasteiger partial charge in [-0.2, -0.15) is 0 Å². The molecular weight excluding hydrogens is 270 g/mol. The maximum atomic E-state index is 12.5. The second kappa shape index (κ2) is 7.31. The molecule has 5 heteroatoms. The van der Waals surface area contributed by atoms with Gasteiger partial charge in [0.15, 0.2) is 0 Å². The summed E-state index contributed by atoms with van der Waals surface area (Å²) in [5, 5.41) is 3.27. The van der Waals surface area contributed by atoms with Gasteiger partial charge in [0.05, 0.1) is 20.8 Å². The molecule has 0 amide bonds. The van der Waals surface area contributed by atoms with E-state index in [1.54, 1.807) is 46.3 Å². The van der Waals surface area contributed by atoms with E-state index in [1.807, 2.05) is 13.8 Å². The van der Waals surface area contributed by atoms with Crippen LogP contribution in [0.3, 0.4) is 0 Å². The summed E-state index contributed by atoms with van der Waals surface area (Å²) in [4.78, 5) is 12.5. The van der Waals surface area contributed by atoms with Crippen molar-refractivity contribution >= 4 is 5.97 Å². The molecule has 0 saturated heterocycles. The standard InChI is InChI=1S/C16H25NO4/c1-7-21-15(18)16(4,17-11(2)3)13-10-12(19-5)8-9-14(13)20-6/h8-11,17H,7H2,1-6H3. The van der Waals surface area contributed by atoms with Crippen molar-refractivity contribution < 1.29 is 19.0 Å². The summed E-state index contributed by atoms with van der Waals surface area (Å²) >= 11 is 0. The number of carbonyl (C=O) groups excluding carboxylic acids is 1. The van der Waals surface area contributed by atoms with Gasteiger partial charge < -0.3 is 14.2 Å². The van der Waals surface area contributed by atoms with Crippen molar-refractivity contribution in [3.8, 4) is 11.5 Å². The van der Waals surface area contributed by atoms with Crippen molar-refractivity contribution in [2.45, 2.75) is 39.3 Å². The lowest BCUT2D eigenvalue weighted by atomic mass is 9.90. The molecule has 5 nitrogen and oxygen atoms in total. The minimum absolute atomic E-state index is 0.0929. The van der Waals surface area contributed by atoms with E-state index in [2.05, 4.69) is 5.32 Å². The lowest BCUT2D eigenvalue weighted by molar-refractivity contribution is -0.151. The second-order valence-electron chi connectivity index (χ2n) is 5.21. The molecule has 0 aromatic heterocycles. The molecule has 0 spiro atoms. The predicted molar refractivity (Wildman–Crippen MR) is 81.8 cm³/mol. The Kier molecular flexibility index (Phi) is 6.03. The summed E-state index contributed by atoms with van der Waals surface area (Å²) in [5.74, 6) is 0.927. The number of benzene rings is 1. The highest BCUT2D eigenvalue weighted by molar-refractivity contribution is 5.83. The van der Waals surface area contributed by atoms with Crippen LogP contribution in [0.2, 0.25) is 0 Å². The molecule has 0 bridgehead atoms. The number of esters is 1. The third-order valence-electron chi connectivity index (χ3n) is 3.21. The monoisotopic (exact) mass is 295 g/mol. The molecule has 1 atom stereocenters. The quantitative estimate of drug-likeness (QED) is 0.783. The maximum Gasteiger partial charge on any atom is 0.330 e. The number of nitrogens with one attached hydrogen (secondary N) is 1. The Hall–Kier alpha value is -1.75. The van der Waals surface area contributed by atoms with Gasteiger partial charge in [-0.3, -0.25) is 5.32 Å². The van der Waals surface area contributed by atoms with Gasteiger partial charge in [0, 0.05) is 11.6 Å². The summed E-state index contributed by atoms with van der Waals surface area (Å²) in [7, 11) is 3.16. The molecule has 0 fully saturated rings. The smallest absolute Gasteiger partial charge is 0.330 e. The molecule has 0 heterocycles. The lowest BCUT2D eigenvalue weighted by Crippen LogP contribution is -2.50. The Bertz CT molecular complexity index is 487. The molecule has 118 valence electrons. The molecule has 1 rings (SSSR count). The largest absolute Gasteiger partial charge is 0.497 e. The fourth-order valence-electron chi connectivity index (χ4n) is 2.30. The molecule has 0 aliphatic carbocycles. The highest BCUT2D eigenvalue weighted by Gasteiger charge is 2.39. The Morgan fingerprint density at radius 3 is 2.43 bits per heavy atom. The van der Waals surface area contributed by atoms with Crippen LogP contribution in [0.15, 0.2) is 18.2 Å². The topological polar surface area (TPSA) is 56.8 Å². The maximum absolute atomic E-state index is 12.5. The van der Waals surface area contributed by atoms with E-state index in [-0.39, 0.29) is 12.0 Å². The highest BCUT2D eigenvalue weighted by atomic mass is 16.5. The fourth-order valence-corrected chi connectivity index (χ4v) is 2.30. The van der Waals surface area contributed by atoms with Crippen LogP contribution in [0.1, 0.15) is 33.3 Å². The summed E-state index contributed by atoms with van der Waals surface area (Å²) in [6.45, 7) is 7.85. The van der Waals surface area contributed by atoms with Crippen LogP contribution in [-0.2, 0) is 15.1 Å². The zero-order valence-electron chi connectivity index (χ0n) is 13.6. The normalized spacial score (nSPS) is 13.7. The molecule has 1 N–H and O–H groups in total. The number of rotatable bonds is 7. The second-order valence-corrected chi connectivity index (χ2v) is 5.21. The Morgan fingerprint density at radius 1 is 1.29 bits per heavy atom. The van der Waals surface area contributed by atoms with E-state index in [4.69, 9.17) is 14.2 Å². The number of hydrogen-bond acceptors (Lipinski definition) is 5. The van der Waals surface area contributed by atoms with Crippen LogP contribution in [0.4, 0.5) is 0 Å². The average molecular weight is 295 g/mol. The van der Waals surface area contributed by atoms with Crippen molar-refractivity contribution in [1.29, 1.82) is 0 Å². The molecule has 0 aliphatic rings. The Morgan fingerprint density at radius 2 is 1.95 bits per heavy atom. The van der Waals surface area contributed by atoms with Gasteiger partial charge in [0.1, 0.15) is 17.0 Å². The first-order valence-electron chi connectivity index (χ1n) is 7.06.